The Kier molecular flexibility index (Phi) is 3.11. The first kappa shape index (κ1) is 12.7. The minimum atomic E-state index is 0.195. The van der Waals surface area contributed by atoms with Gasteiger partial charge in [-0.1, -0.05) is 32.0 Å². The van der Waals surface area contributed by atoms with Crippen LogP contribution in [0.2, 0.25) is 0 Å². The molecule has 2 atom stereocenters. The van der Waals surface area contributed by atoms with Crippen molar-refractivity contribution in [2.45, 2.75) is 39.0 Å². The summed E-state index contributed by atoms with van der Waals surface area (Å²) in [4.78, 5) is 0. The van der Waals surface area contributed by atoms with Gasteiger partial charge in [0.05, 0.1) is 12.6 Å². The van der Waals surface area contributed by atoms with Crippen LogP contribution in [0.25, 0.3) is 11.0 Å². The molecule has 1 saturated carbocycles. The molecule has 0 aliphatic heterocycles. The molecule has 1 aromatic heterocycles. The molecule has 0 bridgehead atoms. The van der Waals surface area contributed by atoms with E-state index in [9.17, 15) is 0 Å². The van der Waals surface area contributed by atoms with E-state index in [1.807, 2.05) is 18.2 Å². The first-order chi connectivity index (χ1) is 9.11. The fraction of sp³-hybridized carbons (Fsp3) is 0.500. The van der Waals surface area contributed by atoms with Crippen molar-refractivity contribution in [2.24, 2.45) is 5.41 Å². The van der Waals surface area contributed by atoms with Crippen molar-refractivity contribution in [2.75, 3.05) is 7.11 Å². The largest absolute Gasteiger partial charge is 0.460 e. The number of methoxy groups -OCH3 is 1. The van der Waals surface area contributed by atoms with Crippen molar-refractivity contribution in [3.8, 4) is 0 Å². The highest BCUT2D eigenvalue weighted by Gasteiger charge is 2.48. The zero-order valence-electron chi connectivity index (χ0n) is 11.8. The van der Waals surface area contributed by atoms with Crippen molar-refractivity contribution in [3.05, 3.63) is 36.1 Å². The zero-order chi connectivity index (χ0) is 13.5. The van der Waals surface area contributed by atoms with Crippen molar-refractivity contribution < 1.29 is 9.15 Å². The van der Waals surface area contributed by atoms with Gasteiger partial charge in [-0.25, -0.2) is 0 Å². The first-order valence-corrected chi connectivity index (χ1v) is 6.85. The Morgan fingerprint density at radius 1 is 1.37 bits per heavy atom. The van der Waals surface area contributed by atoms with Gasteiger partial charge in [-0.3, -0.25) is 0 Å². The average molecular weight is 259 g/mol. The van der Waals surface area contributed by atoms with Gasteiger partial charge in [0, 0.05) is 24.0 Å². The summed E-state index contributed by atoms with van der Waals surface area (Å²) in [6.07, 6.45) is 1.43. The Bertz CT molecular complexity index is 540. The summed E-state index contributed by atoms with van der Waals surface area (Å²) in [5.74, 6) is 0.998. The maximum atomic E-state index is 5.81. The Hall–Kier alpha value is -1.32. The molecule has 19 heavy (non-hydrogen) atoms. The number of nitrogens with one attached hydrogen (secondary N) is 1. The quantitative estimate of drug-likeness (QED) is 0.914. The molecule has 0 amide bonds. The first-order valence-electron chi connectivity index (χ1n) is 6.85. The lowest BCUT2D eigenvalue weighted by Crippen LogP contribution is -2.60. The van der Waals surface area contributed by atoms with Crippen LogP contribution < -0.4 is 5.32 Å². The van der Waals surface area contributed by atoms with E-state index in [2.05, 4.69) is 31.3 Å². The molecule has 1 fully saturated rings. The van der Waals surface area contributed by atoms with Crippen LogP contribution in [-0.2, 0) is 11.3 Å². The molecule has 1 aliphatic carbocycles. The van der Waals surface area contributed by atoms with Gasteiger partial charge in [0.25, 0.3) is 0 Å². The second-order valence-electron chi connectivity index (χ2n) is 5.97. The molecule has 1 N–H and O–H groups in total. The minimum absolute atomic E-state index is 0.195. The topological polar surface area (TPSA) is 34.4 Å². The lowest BCUT2D eigenvalue weighted by Gasteiger charge is -2.51. The van der Waals surface area contributed by atoms with E-state index in [1.165, 1.54) is 5.39 Å². The third kappa shape index (κ3) is 2.17. The Morgan fingerprint density at radius 2 is 2.16 bits per heavy atom. The number of ether oxygens (including phenoxy) is 1. The van der Waals surface area contributed by atoms with Gasteiger partial charge in [-0.05, 0) is 18.6 Å². The van der Waals surface area contributed by atoms with E-state index in [1.54, 1.807) is 7.11 Å². The van der Waals surface area contributed by atoms with Gasteiger partial charge >= 0.3 is 0 Å². The molecule has 102 valence electrons. The molecule has 0 spiro atoms. The fourth-order valence-electron chi connectivity index (χ4n) is 2.98. The van der Waals surface area contributed by atoms with Gasteiger partial charge in [0.15, 0.2) is 0 Å². The molecule has 2 aromatic rings. The summed E-state index contributed by atoms with van der Waals surface area (Å²) in [5.41, 5.74) is 1.16. The number of fused-ring (bicyclic) bond motifs is 1. The zero-order valence-corrected chi connectivity index (χ0v) is 11.8. The number of para-hydroxylation sites is 1. The number of furan rings is 1. The van der Waals surface area contributed by atoms with E-state index in [0.717, 1.165) is 24.3 Å². The van der Waals surface area contributed by atoms with Crippen molar-refractivity contribution >= 4 is 11.0 Å². The molecule has 1 aromatic carbocycles. The van der Waals surface area contributed by atoms with E-state index in [0.29, 0.717) is 12.1 Å². The highest BCUT2D eigenvalue weighted by atomic mass is 16.5. The van der Waals surface area contributed by atoms with Gasteiger partial charge in [-0.2, -0.15) is 0 Å². The normalized spacial score (nSPS) is 25.4. The van der Waals surface area contributed by atoms with Crippen LogP contribution in [0.1, 0.15) is 26.0 Å². The predicted octanol–water partition coefficient (Wildman–Crippen LogP) is 3.34. The highest BCUT2D eigenvalue weighted by Crippen LogP contribution is 2.42. The number of benzene rings is 1. The fourth-order valence-corrected chi connectivity index (χ4v) is 2.98. The molecular formula is C16H21NO2. The summed E-state index contributed by atoms with van der Waals surface area (Å²) in [7, 11) is 1.79. The van der Waals surface area contributed by atoms with Crippen molar-refractivity contribution in [1.29, 1.82) is 0 Å². The van der Waals surface area contributed by atoms with Crippen LogP contribution in [0.3, 0.4) is 0 Å². The molecule has 0 saturated heterocycles. The van der Waals surface area contributed by atoms with Crippen molar-refractivity contribution in [1.82, 2.24) is 5.32 Å². The third-order valence-electron chi connectivity index (χ3n) is 4.46. The molecule has 1 aliphatic rings. The van der Waals surface area contributed by atoms with Crippen LogP contribution in [0.4, 0.5) is 0 Å². The monoisotopic (exact) mass is 259 g/mol. The second kappa shape index (κ2) is 4.66. The average Bonchev–Trinajstić information content (AvgIpc) is 2.80. The Labute approximate surface area is 113 Å². The molecule has 3 nitrogen and oxygen atoms in total. The number of hydrogen-bond acceptors (Lipinski definition) is 3. The standard InChI is InChI=1S/C16H21NO2/c1-16(2)14(9-15(16)18-3)17-10-12-8-11-6-4-5-7-13(11)19-12/h4-8,14-15,17H,9-10H2,1-3H3. The van der Waals surface area contributed by atoms with E-state index >= 15 is 0 Å². The lowest BCUT2D eigenvalue weighted by atomic mass is 9.64. The van der Waals surface area contributed by atoms with Crippen LogP contribution in [0.5, 0.6) is 0 Å². The van der Waals surface area contributed by atoms with E-state index in [-0.39, 0.29) is 5.41 Å². The Morgan fingerprint density at radius 3 is 2.84 bits per heavy atom. The smallest absolute Gasteiger partial charge is 0.134 e. The number of hydrogen-bond donors (Lipinski definition) is 1. The van der Waals surface area contributed by atoms with Crippen molar-refractivity contribution in [3.63, 3.8) is 0 Å². The molecule has 3 heteroatoms. The molecule has 1 heterocycles. The van der Waals surface area contributed by atoms with E-state index < -0.39 is 0 Å². The maximum Gasteiger partial charge on any atom is 0.134 e. The third-order valence-corrected chi connectivity index (χ3v) is 4.46. The van der Waals surface area contributed by atoms with E-state index in [4.69, 9.17) is 9.15 Å². The summed E-state index contributed by atoms with van der Waals surface area (Å²) in [5, 5.41) is 4.75. The van der Waals surface area contributed by atoms with Gasteiger partial charge in [0.1, 0.15) is 11.3 Å². The van der Waals surface area contributed by atoms with Crippen LogP contribution in [-0.4, -0.2) is 19.3 Å². The SMILES string of the molecule is COC1CC(NCc2cc3ccccc3o2)C1(C)C. The maximum absolute atomic E-state index is 5.81. The molecule has 0 radical (unpaired) electrons. The van der Waals surface area contributed by atoms with Crippen LogP contribution in [0, 0.1) is 5.41 Å². The van der Waals surface area contributed by atoms with Crippen LogP contribution in [0.15, 0.2) is 34.7 Å². The van der Waals surface area contributed by atoms with Gasteiger partial charge in [0.2, 0.25) is 0 Å². The molecular weight excluding hydrogens is 238 g/mol. The highest BCUT2D eigenvalue weighted by molar-refractivity contribution is 5.77. The molecule has 2 unspecified atom stereocenters. The lowest BCUT2D eigenvalue weighted by molar-refractivity contribution is -0.0982. The summed E-state index contributed by atoms with van der Waals surface area (Å²) < 4.78 is 11.3. The summed E-state index contributed by atoms with van der Waals surface area (Å²) >= 11 is 0. The van der Waals surface area contributed by atoms with Crippen LogP contribution >= 0.6 is 0 Å². The van der Waals surface area contributed by atoms with Gasteiger partial charge < -0.3 is 14.5 Å². The number of rotatable bonds is 4. The molecule has 3 rings (SSSR count). The van der Waals surface area contributed by atoms with Gasteiger partial charge in [-0.15, -0.1) is 0 Å². The predicted molar refractivity (Wildman–Crippen MR) is 76.0 cm³/mol. The summed E-state index contributed by atoms with van der Waals surface area (Å²) in [6, 6.07) is 10.7. The Balaban J connectivity index is 1.64. The second-order valence-corrected chi connectivity index (χ2v) is 5.97. The minimum Gasteiger partial charge on any atom is -0.460 e. The summed E-state index contributed by atoms with van der Waals surface area (Å²) in [6.45, 7) is 5.28.